The summed E-state index contributed by atoms with van der Waals surface area (Å²) in [5.41, 5.74) is 1.55. The third-order valence-corrected chi connectivity index (χ3v) is 2.71. The Morgan fingerprint density at radius 2 is 2.17 bits per heavy atom. The number of nitrogens with one attached hydrogen (secondary N) is 2. The Bertz CT molecular complexity index is 410. The number of benzene rings is 1. The molecule has 1 aromatic rings. The highest BCUT2D eigenvalue weighted by molar-refractivity contribution is 6.31. The molecule has 0 bridgehead atoms. The van der Waals surface area contributed by atoms with Gasteiger partial charge in [0, 0.05) is 18.7 Å². The van der Waals surface area contributed by atoms with Crippen LogP contribution in [-0.2, 0) is 9.53 Å². The first kappa shape index (κ1) is 14.8. The highest BCUT2D eigenvalue weighted by Crippen LogP contribution is 2.26. The van der Waals surface area contributed by atoms with Crippen LogP contribution in [0.15, 0.2) is 18.2 Å². The van der Waals surface area contributed by atoms with Crippen molar-refractivity contribution in [2.24, 2.45) is 5.92 Å². The van der Waals surface area contributed by atoms with Crippen molar-refractivity contribution in [1.29, 1.82) is 0 Å². The number of hydrogen-bond acceptors (Lipinski definition) is 3. The summed E-state index contributed by atoms with van der Waals surface area (Å²) < 4.78 is 4.96. The van der Waals surface area contributed by atoms with E-state index in [1.165, 1.54) is 0 Å². The van der Waals surface area contributed by atoms with E-state index in [0.29, 0.717) is 17.3 Å². The molecule has 0 fully saturated rings. The van der Waals surface area contributed by atoms with E-state index in [4.69, 9.17) is 16.3 Å². The number of anilines is 2. The molecular formula is C13H19ClN2O2. The minimum absolute atomic E-state index is 0.0849. The fourth-order valence-electron chi connectivity index (χ4n) is 1.55. The molecule has 0 aliphatic carbocycles. The zero-order valence-corrected chi connectivity index (χ0v) is 11.7. The molecule has 0 spiro atoms. The fraction of sp³-hybridized carbons (Fsp3) is 0.462. The van der Waals surface area contributed by atoms with E-state index in [9.17, 15) is 4.79 Å². The summed E-state index contributed by atoms with van der Waals surface area (Å²) in [5.74, 6) is -0.290. The zero-order chi connectivity index (χ0) is 13.5. The molecule has 5 heteroatoms. The van der Waals surface area contributed by atoms with Gasteiger partial charge in [-0.3, -0.25) is 4.79 Å². The number of halogens is 1. The molecular weight excluding hydrogens is 252 g/mol. The second-order valence-corrected chi connectivity index (χ2v) is 4.50. The number of methoxy groups -OCH3 is 1. The van der Waals surface area contributed by atoms with Crippen LogP contribution < -0.4 is 10.6 Å². The molecule has 0 saturated carbocycles. The lowest BCUT2D eigenvalue weighted by Gasteiger charge is -2.15. The third kappa shape index (κ3) is 4.20. The van der Waals surface area contributed by atoms with Gasteiger partial charge >= 0.3 is 0 Å². The molecule has 0 saturated heterocycles. The van der Waals surface area contributed by atoms with Crippen molar-refractivity contribution in [2.75, 3.05) is 30.9 Å². The van der Waals surface area contributed by atoms with E-state index in [1.54, 1.807) is 19.2 Å². The standard InChI is InChI=1S/C13H19ClN2O2/c1-4-15-11-6-5-10(14)7-12(11)16-13(17)9(2)8-18-3/h5-7,9,15H,4,8H2,1-3H3,(H,16,17). The number of ether oxygens (including phenoxy) is 1. The van der Waals surface area contributed by atoms with Crippen LogP contribution in [0.2, 0.25) is 5.02 Å². The van der Waals surface area contributed by atoms with Crippen molar-refractivity contribution in [3.63, 3.8) is 0 Å². The van der Waals surface area contributed by atoms with Gasteiger partial charge in [0.15, 0.2) is 0 Å². The number of hydrogen-bond donors (Lipinski definition) is 2. The van der Waals surface area contributed by atoms with Crippen LogP contribution in [0.5, 0.6) is 0 Å². The Balaban J connectivity index is 2.81. The molecule has 0 heterocycles. The van der Waals surface area contributed by atoms with Gasteiger partial charge in [-0.25, -0.2) is 0 Å². The van der Waals surface area contributed by atoms with Gasteiger partial charge in [-0.15, -0.1) is 0 Å². The highest BCUT2D eigenvalue weighted by Gasteiger charge is 2.14. The van der Waals surface area contributed by atoms with Crippen LogP contribution in [0.4, 0.5) is 11.4 Å². The molecule has 1 amide bonds. The Morgan fingerprint density at radius 3 is 2.78 bits per heavy atom. The van der Waals surface area contributed by atoms with E-state index < -0.39 is 0 Å². The summed E-state index contributed by atoms with van der Waals surface area (Å²) in [6.07, 6.45) is 0. The molecule has 0 aliphatic heterocycles. The van der Waals surface area contributed by atoms with Crippen LogP contribution in [0.3, 0.4) is 0 Å². The largest absolute Gasteiger partial charge is 0.384 e. The summed E-state index contributed by atoms with van der Waals surface area (Å²) in [6, 6.07) is 5.37. The fourth-order valence-corrected chi connectivity index (χ4v) is 1.72. The van der Waals surface area contributed by atoms with Crippen LogP contribution in [0, 0.1) is 5.92 Å². The van der Waals surface area contributed by atoms with Crippen molar-refractivity contribution in [1.82, 2.24) is 0 Å². The van der Waals surface area contributed by atoms with E-state index in [2.05, 4.69) is 10.6 Å². The second-order valence-electron chi connectivity index (χ2n) is 4.07. The Hall–Kier alpha value is -1.26. The predicted molar refractivity (Wildman–Crippen MR) is 75.3 cm³/mol. The topological polar surface area (TPSA) is 50.4 Å². The van der Waals surface area contributed by atoms with Gasteiger partial charge in [-0.05, 0) is 25.1 Å². The Kier molecular flexibility index (Phi) is 5.95. The predicted octanol–water partition coefficient (Wildman–Crippen LogP) is 2.99. The van der Waals surface area contributed by atoms with Gasteiger partial charge in [-0.2, -0.15) is 0 Å². The summed E-state index contributed by atoms with van der Waals surface area (Å²) >= 11 is 5.94. The molecule has 1 aromatic carbocycles. The Labute approximate surface area is 113 Å². The molecule has 2 N–H and O–H groups in total. The van der Waals surface area contributed by atoms with Gasteiger partial charge in [0.2, 0.25) is 5.91 Å². The van der Waals surface area contributed by atoms with Crippen LogP contribution in [0.1, 0.15) is 13.8 Å². The monoisotopic (exact) mass is 270 g/mol. The smallest absolute Gasteiger partial charge is 0.229 e. The second kappa shape index (κ2) is 7.24. The molecule has 1 unspecified atom stereocenters. The molecule has 0 radical (unpaired) electrons. The minimum Gasteiger partial charge on any atom is -0.384 e. The number of carbonyl (C=O) groups is 1. The number of rotatable bonds is 6. The molecule has 100 valence electrons. The molecule has 18 heavy (non-hydrogen) atoms. The van der Waals surface area contributed by atoms with Gasteiger partial charge in [0.05, 0.1) is 23.9 Å². The molecule has 4 nitrogen and oxygen atoms in total. The van der Waals surface area contributed by atoms with Gasteiger partial charge in [0.25, 0.3) is 0 Å². The van der Waals surface area contributed by atoms with E-state index in [-0.39, 0.29) is 11.8 Å². The summed E-state index contributed by atoms with van der Waals surface area (Å²) in [4.78, 5) is 11.9. The third-order valence-electron chi connectivity index (χ3n) is 2.47. The van der Waals surface area contributed by atoms with Crippen molar-refractivity contribution in [2.45, 2.75) is 13.8 Å². The van der Waals surface area contributed by atoms with Crippen molar-refractivity contribution in [3.05, 3.63) is 23.2 Å². The maximum absolute atomic E-state index is 11.9. The number of carbonyl (C=O) groups excluding carboxylic acids is 1. The summed E-state index contributed by atoms with van der Waals surface area (Å²) in [5, 5.41) is 6.62. The molecule has 1 rings (SSSR count). The van der Waals surface area contributed by atoms with E-state index >= 15 is 0 Å². The van der Waals surface area contributed by atoms with Gasteiger partial charge < -0.3 is 15.4 Å². The van der Waals surface area contributed by atoms with E-state index in [1.807, 2.05) is 19.9 Å². The average Bonchev–Trinajstić information content (AvgIpc) is 2.33. The quantitative estimate of drug-likeness (QED) is 0.835. The zero-order valence-electron chi connectivity index (χ0n) is 10.9. The van der Waals surface area contributed by atoms with Gasteiger partial charge in [-0.1, -0.05) is 18.5 Å². The average molecular weight is 271 g/mol. The van der Waals surface area contributed by atoms with Crippen molar-refractivity contribution >= 4 is 28.9 Å². The molecule has 0 aliphatic rings. The first-order chi connectivity index (χ1) is 8.58. The normalized spacial score (nSPS) is 12.0. The Morgan fingerprint density at radius 1 is 1.44 bits per heavy atom. The van der Waals surface area contributed by atoms with Crippen LogP contribution in [-0.4, -0.2) is 26.2 Å². The van der Waals surface area contributed by atoms with E-state index in [0.717, 1.165) is 12.2 Å². The van der Waals surface area contributed by atoms with Crippen LogP contribution >= 0.6 is 11.6 Å². The lowest BCUT2D eigenvalue weighted by atomic mass is 10.1. The van der Waals surface area contributed by atoms with Crippen molar-refractivity contribution in [3.8, 4) is 0 Å². The molecule has 1 atom stereocenters. The molecule has 0 aromatic heterocycles. The highest BCUT2D eigenvalue weighted by atomic mass is 35.5. The lowest BCUT2D eigenvalue weighted by Crippen LogP contribution is -2.24. The minimum atomic E-state index is -0.205. The first-order valence-electron chi connectivity index (χ1n) is 5.91. The lowest BCUT2D eigenvalue weighted by molar-refractivity contribution is -0.120. The SMILES string of the molecule is CCNc1ccc(Cl)cc1NC(=O)C(C)COC. The summed E-state index contributed by atoms with van der Waals surface area (Å²) in [7, 11) is 1.58. The van der Waals surface area contributed by atoms with Gasteiger partial charge in [0.1, 0.15) is 0 Å². The first-order valence-corrected chi connectivity index (χ1v) is 6.29. The summed E-state index contributed by atoms with van der Waals surface area (Å²) in [6.45, 7) is 4.98. The van der Waals surface area contributed by atoms with Crippen LogP contribution in [0.25, 0.3) is 0 Å². The maximum atomic E-state index is 11.9. The van der Waals surface area contributed by atoms with Crippen molar-refractivity contribution < 1.29 is 9.53 Å². The number of amides is 1. The maximum Gasteiger partial charge on any atom is 0.229 e.